The number of imidazole rings is 1. The highest BCUT2D eigenvalue weighted by molar-refractivity contribution is 7.91. The number of hydrogen-bond donors (Lipinski definition) is 0. The van der Waals surface area contributed by atoms with Crippen molar-refractivity contribution in [2.45, 2.75) is 32.6 Å². The minimum atomic E-state index is -3.57. The lowest BCUT2D eigenvalue weighted by molar-refractivity contribution is 0.598. The summed E-state index contributed by atoms with van der Waals surface area (Å²) in [4.78, 5) is 13.6. The number of pyridine rings is 1. The Labute approximate surface area is 156 Å². The normalized spacial score (nSPS) is 12.3. The molecule has 4 aromatic rings. The average Bonchev–Trinajstić information content (AvgIpc) is 3.13. The van der Waals surface area contributed by atoms with Gasteiger partial charge in [-0.05, 0) is 32.9 Å². The lowest BCUT2D eigenvalue weighted by Gasteiger charge is -2.04. The minimum absolute atomic E-state index is 0.0410. The zero-order valence-corrected chi connectivity index (χ0v) is 16.7. The maximum atomic E-state index is 12.9. The molecule has 140 valence electrons. The highest BCUT2D eigenvalue weighted by Crippen LogP contribution is 2.32. The van der Waals surface area contributed by atoms with Crippen LogP contribution in [0.2, 0.25) is 0 Å². The van der Waals surface area contributed by atoms with E-state index in [-0.39, 0.29) is 10.6 Å². The molecule has 4 aromatic heterocycles. The molecule has 0 amide bonds. The van der Waals surface area contributed by atoms with Crippen molar-refractivity contribution in [3.63, 3.8) is 0 Å². The van der Waals surface area contributed by atoms with E-state index in [0.717, 1.165) is 28.1 Å². The fourth-order valence-corrected chi connectivity index (χ4v) is 4.41. The molecule has 0 aliphatic rings. The van der Waals surface area contributed by atoms with Crippen molar-refractivity contribution in [2.75, 3.05) is 5.75 Å². The quantitative estimate of drug-likeness (QED) is 0.538. The molecule has 0 radical (unpaired) electrons. The summed E-state index contributed by atoms with van der Waals surface area (Å²) in [5, 5.41) is 4.59. The molecule has 0 saturated carbocycles. The van der Waals surface area contributed by atoms with E-state index in [1.54, 1.807) is 17.6 Å². The molecule has 0 fully saturated rings. The number of fused-ring (bicyclic) bond motifs is 2. The van der Waals surface area contributed by atoms with E-state index >= 15 is 0 Å². The predicted molar refractivity (Wildman–Crippen MR) is 102 cm³/mol. The number of hydrogen-bond acceptors (Lipinski definition) is 6. The zero-order valence-electron chi connectivity index (χ0n) is 15.8. The van der Waals surface area contributed by atoms with E-state index in [4.69, 9.17) is 0 Å². The smallest absolute Gasteiger partial charge is 0.184 e. The van der Waals surface area contributed by atoms with Crippen LogP contribution in [0.1, 0.15) is 24.0 Å². The van der Waals surface area contributed by atoms with Crippen molar-refractivity contribution in [3.05, 3.63) is 35.4 Å². The first-order valence-electron chi connectivity index (χ1n) is 8.62. The fraction of sp³-hybridized carbons (Fsp3) is 0.333. The van der Waals surface area contributed by atoms with Crippen LogP contribution in [0.3, 0.4) is 0 Å². The standard InChI is InChI=1S/C18H20N6O2S/c1-6-27(25,26)16-15(22-24-12(4)7-11(3)20-18(16)24)17-21-13-8-10(2)19-9-14(13)23(17)5/h7-9H,6H2,1-5H3. The molecule has 27 heavy (non-hydrogen) atoms. The van der Waals surface area contributed by atoms with E-state index in [0.29, 0.717) is 17.2 Å². The third kappa shape index (κ3) is 2.61. The van der Waals surface area contributed by atoms with Crippen molar-refractivity contribution in [1.82, 2.24) is 29.1 Å². The molecule has 4 rings (SSSR count). The van der Waals surface area contributed by atoms with E-state index < -0.39 is 9.84 Å². The van der Waals surface area contributed by atoms with Crippen molar-refractivity contribution < 1.29 is 8.42 Å². The molecule has 0 saturated heterocycles. The van der Waals surface area contributed by atoms with Gasteiger partial charge in [-0.3, -0.25) is 4.98 Å². The maximum absolute atomic E-state index is 12.9. The van der Waals surface area contributed by atoms with E-state index in [1.807, 2.05) is 44.5 Å². The van der Waals surface area contributed by atoms with Gasteiger partial charge in [-0.15, -0.1) is 0 Å². The second-order valence-corrected chi connectivity index (χ2v) is 8.88. The van der Waals surface area contributed by atoms with Crippen LogP contribution in [0.25, 0.3) is 28.2 Å². The Hall–Kier alpha value is -2.81. The monoisotopic (exact) mass is 384 g/mol. The number of sulfone groups is 1. The molecule has 8 nitrogen and oxygen atoms in total. The largest absolute Gasteiger partial charge is 0.324 e. The van der Waals surface area contributed by atoms with Gasteiger partial charge in [0.05, 0.1) is 23.0 Å². The molecule has 9 heteroatoms. The SMILES string of the molecule is CCS(=O)(=O)c1c(-c2nc3cc(C)ncc3n2C)nn2c(C)cc(C)nc12. The molecule has 0 aromatic carbocycles. The summed E-state index contributed by atoms with van der Waals surface area (Å²) in [5.74, 6) is 0.438. The van der Waals surface area contributed by atoms with Gasteiger partial charge >= 0.3 is 0 Å². The first-order valence-corrected chi connectivity index (χ1v) is 10.3. The van der Waals surface area contributed by atoms with Crippen LogP contribution >= 0.6 is 0 Å². The molecule has 0 N–H and O–H groups in total. The van der Waals surface area contributed by atoms with Gasteiger partial charge in [-0.25, -0.2) is 22.9 Å². The molecule has 0 aliphatic heterocycles. The topological polar surface area (TPSA) is 95.0 Å². The Balaban J connectivity index is 2.15. The first kappa shape index (κ1) is 17.6. The number of nitrogens with zero attached hydrogens (tertiary/aromatic N) is 6. The summed E-state index contributed by atoms with van der Waals surface area (Å²) in [6.45, 7) is 7.23. The van der Waals surface area contributed by atoms with Gasteiger partial charge in [0.25, 0.3) is 0 Å². The predicted octanol–water partition coefficient (Wildman–Crippen LogP) is 2.40. The number of aromatic nitrogens is 6. The Kier molecular flexibility index (Phi) is 3.81. The minimum Gasteiger partial charge on any atom is -0.324 e. The number of aryl methyl sites for hydroxylation is 4. The lowest BCUT2D eigenvalue weighted by atomic mass is 10.3. The molecular formula is C18H20N6O2S. The van der Waals surface area contributed by atoms with Crippen molar-refractivity contribution in [3.8, 4) is 11.5 Å². The Morgan fingerprint density at radius 3 is 2.52 bits per heavy atom. The van der Waals surface area contributed by atoms with Crippen LogP contribution in [0.5, 0.6) is 0 Å². The van der Waals surface area contributed by atoms with Gasteiger partial charge in [0.2, 0.25) is 0 Å². The van der Waals surface area contributed by atoms with Gasteiger partial charge in [0.15, 0.2) is 21.3 Å². The Morgan fingerprint density at radius 1 is 1.07 bits per heavy atom. The van der Waals surface area contributed by atoms with Crippen molar-refractivity contribution in [2.24, 2.45) is 7.05 Å². The van der Waals surface area contributed by atoms with Gasteiger partial charge in [0, 0.05) is 24.1 Å². The molecule has 0 aliphatic carbocycles. The summed E-state index contributed by atoms with van der Waals surface area (Å²) in [6.07, 6.45) is 1.73. The van der Waals surface area contributed by atoms with Gasteiger partial charge < -0.3 is 4.57 Å². The van der Waals surface area contributed by atoms with Crippen molar-refractivity contribution in [1.29, 1.82) is 0 Å². The van der Waals surface area contributed by atoms with Crippen LogP contribution in [0.4, 0.5) is 0 Å². The van der Waals surface area contributed by atoms with E-state index in [1.165, 1.54) is 0 Å². The summed E-state index contributed by atoms with van der Waals surface area (Å²) in [6, 6.07) is 3.74. The van der Waals surface area contributed by atoms with E-state index in [9.17, 15) is 8.42 Å². The molecular weight excluding hydrogens is 364 g/mol. The Bertz CT molecular complexity index is 1320. The average molecular weight is 384 g/mol. The lowest BCUT2D eigenvalue weighted by Crippen LogP contribution is -2.07. The van der Waals surface area contributed by atoms with Crippen LogP contribution < -0.4 is 0 Å². The Morgan fingerprint density at radius 2 is 1.81 bits per heavy atom. The number of rotatable bonds is 3. The van der Waals surface area contributed by atoms with Crippen LogP contribution in [0, 0.1) is 20.8 Å². The van der Waals surface area contributed by atoms with Crippen LogP contribution in [-0.2, 0) is 16.9 Å². The van der Waals surface area contributed by atoms with E-state index in [2.05, 4.69) is 20.1 Å². The van der Waals surface area contributed by atoms with Gasteiger partial charge in [-0.1, -0.05) is 6.92 Å². The first-order chi connectivity index (χ1) is 12.7. The van der Waals surface area contributed by atoms with Crippen LogP contribution in [0.15, 0.2) is 23.2 Å². The van der Waals surface area contributed by atoms with Gasteiger partial charge in [0.1, 0.15) is 10.6 Å². The van der Waals surface area contributed by atoms with Crippen LogP contribution in [-0.4, -0.2) is 43.3 Å². The summed E-state index contributed by atoms with van der Waals surface area (Å²) in [5.41, 5.74) is 4.61. The highest BCUT2D eigenvalue weighted by Gasteiger charge is 2.29. The molecule has 0 unspecified atom stereocenters. The third-order valence-corrected chi connectivity index (χ3v) is 6.42. The summed E-state index contributed by atoms with van der Waals surface area (Å²) in [7, 11) is -1.74. The third-order valence-electron chi connectivity index (χ3n) is 4.66. The molecule has 4 heterocycles. The molecule has 0 atom stereocenters. The highest BCUT2D eigenvalue weighted by atomic mass is 32.2. The second-order valence-electron chi connectivity index (χ2n) is 6.66. The molecule has 0 spiro atoms. The summed E-state index contributed by atoms with van der Waals surface area (Å²) < 4.78 is 29.3. The fourth-order valence-electron chi connectivity index (χ4n) is 3.28. The second kappa shape index (κ2) is 5.85. The van der Waals surface area contributed by atoms with Gasteiger partial charge in [-0.2, -0.15) is 5.10 Å². The maximum Gasteiger partial charge on any atom is 0.184 e. The molecule has 0 bridgehead atoms. The zero-order chi connectivity index (χ0) is 19.5. The summed E-state index contributed by atoms with van der Waals surface area (Å²) >= 11 is 0. The van der Waals surface area contributed by atoms with Crippen molar-refractivity contribution >= 4 is 26.5 Å².